The fourth-order valence-corrected chi connectivity index (χ4v) is 1.35. The van der Waals surface area contributed by atoms with Crippen LogP contribution in [0, 0.1) is 0 Å². The van der Waals surface area contributed by atoms with Gasteiger partial charge in [0.15, 0.2) is 0 Å². The summed E-state index contributed by atoms with van der Waals surface area (Å²) in [5.74, 6) is 0.0618. The number of carbonyl (C=O) groups excluding carboxylic acids is 1. The van der Waals surface area contributed by atoms with Crippen LogP contribution in [0.25, 0.3) is 0 Å². The number of amides is 1. The molecule has 15 heavy (non-hydrogen) atoms. The molecule has 0 aliphatic rings. The van der Waals surface area contributed by atoms with Crippen LogP contribution in [-0.4, -0.2) is 38.1 Å². The molecule has 0 atom stereocenters. The van der Waals surface area contributed by atoms with Gasteiger partial charge in [-0.2, -0.15) is 0 Å². The van der Waals surface area contributed by atoms with Crippen LogP contribution in [-0.2, 0) is 4.74 Å². The molecule has 0 radical (unpaired) electrons. The average Bonchev–Trinajstić information content (AvgIpc) is 2.29. The number of methoxy groups -OCH3 is 1. The minimum absolute atomic E-state index is 0.0618. The van der Waals surface area contributed by atoms with Crippen molar-refractivity contribution in [3.8, 4) is 0 Å². The van der Waals surface area contributed by atoms with Crippen LogP contribution in [0.3, 0.4) is 0 Å². The van der Waals surface area contributed by atoms with Crippen LogP contribution in [0.15, 0.2) is 30.3 Å². The molecule has 0 aliphatic carbocycles. The van der Waals surface area contributed by atoms with Crippen molar-refractivity contribution in [3.63, 3.8) is 0 Å². The summed E-state index contributed by atoms with van der Waals surface area (Å²) in [4.78, 5) is 13.5. The number of rotatable bonds is 5. The van der Waals surface area contributed by atoms with Gasteiger partial charge in [0.05, 0.1) is 0 Å². The quantitative estimate of drug-likeness (QED) is 0.689. The van der Waals surface area contributed by atoms with Gasteiger partial charge in [-0.1, -0.05) is 18.2 Å². The average molecular weight is 207 g/mol. The van der Waals surface area contributed by atoms with Crippen molar-refractivity contribution in [2.75, 3.05) is 27.3 Å². The van der Waals surface area contributed by atoms with Gasteiger partial charge in [0, 0.05) is 32.9 Å². The lowest BCUT2D eigenvalue weighted by Crippen LogP contribution is -2.28. The van der Waals surface area contributed by atoms with Crippen molar-refractivity contribution in [3.05, 3.63) is 35.9 Å². The zero-order valence-electron chi connectivity index (χ0n) is 9.27. The van der Waals surface area contributed by atoms with Gasteiger partial charge in [0.1, 0.15) is 0 Å². The van der Waals surface area contributed by atoms with Crippen molar-refractivity contribution >= 4 is 5.91 Å². The Morgan fingerprint density at radius 3 is 2.60 bits per heavy atom. The van der Waals surface area contributed by atoms with Crippen LogP contribution in [0.1, 0.15) is 16.8 Å². The van der Waals surface area contributed by atoms with E-state index in [4.69, 9.17) is 4.74 Å². The van der Waals surface area contributed by atoms with Crippen molar-refractivity contribution in [2.45, 2.75) is 6.42 Å². The highest BCUT2D eigenvalue weighted by molar-refractivity contribution is 5.93. The number of nitrogens with zero attached hydrogens (tertiary/aromatic N) is 1. The van der Waals surface area contributed by atoms with Crippen molar-refractivity contribution < 1.29 is 9.53 Å². The minimum Gasteiger partial charge on any atom is -0.385 e. The SMILES string of the molecule is COCCCN(C)C(=O)c1ccccc1. The number of ether oxygens (including phenoxy) is 1. The predicted octanol–water partition coefficient (Wildman–Crippen LogP) is 1.80. The molecule has 3 nitrogen and oxygen atoms in total. The summed E-state index contributed by atoms with van der Waals surface area (Å²) in [7, 11) is 3.48. The largest absolute Gasteiger partial charge is 0.385 e. The predicted molar refractivity (Wildman–Crippen MR) is 59.9 cm³/mol. The lowest BCUT2D eigenvalue weighted by molar-refractivity contribution is 0.0779. The van der Waals surface area contributed by atoms with E-state index in [0.29, 0.717) is 6.61 Å². The van der Waals surface area contributed by atoms with Crippen LogP contribution < -0.4 is 0 Å². The van der Waals surface area contributed by atoms with Gasteiger partial charge < -0.3 is 9.64 Å². The van der Waals surface area contributed by atoms with E-state index >= 15 is 0 Å². The Kier molecular flexibility index (Phi) is 4.84. The van der Waals surface area contributed by atoms with Crippen molar-refractivity contribution in [1.82, 2.24) is 4.90 Å². The molecule has 1 rings (SSSR count). The van der Waals surface area contributed by atoms with E-state index in [1.807, 2.05) is 37.4 Å². The summed E-state index contributed by atoms with van der Waals surface area (Å²) in [5, 5.41) is 0. The minimum atomic E-state index is 0.0618. The molecule has 0 aromatic heterocycles. The highest BCUT2D eigenvalue weighted by Crippen LogP contribution is 2.03. The fraction of sp³-hybridized carbons (Fsp3) is 0.417. The highest BCUT2D eigenvalue weighted by atomic mass is 16.5. The lowest BCUT2D eigenvalue weighted by atomic mass is 10.2. The molecule has 1 aromatic rings. The molecule has 3 heteroatoms. The maximum absolute atomic E-state index is 11.8. The van der Waals surface area contributed by atoms with Gasteiger partial charge in [0.25, 0.3) is 5.91 Å². The summed E-state index contributed by atoms with van der Waals surface area (Å²) in [5.41, 5.74) is 0.734. The van der Waals surface area contributed by atoms with E-state index in [9.17, 15) is 4.79 Å². The van der Waals surface area contributed by atoms with Crippen molar-refractivity contribution in [1.29, 1.82) is 0 Å². The normalized spacial score (nSPS) is 10.0. The lowest BCUT2D eigenvalue weighted by Gasteiger charge is -2.16. The molecule has 82 valence electrons. The van der Waals surface area contributed by atoms with E-state index in [1.165, 1.54) is 0 Å². The molecule has 0 aliphatic heterocycles. The second kappa shape index (κ2) is 6.19. The summed E-state index contributed by atoms with van der Waals surface area (Å²) in [6.45, 7) is 1.41. The summed E-state index contributed by atoms with van der Waals surface area (Å²) >= 11 is 0. The van der Waals surface area contributed by atoms with Gasteiger partial charge in [0.2, 0.25) is 0 Å². The zero-order valence-corrected chi connectivity index (χ0v) is 9.27. The van der Waals surface area contributed by atoms with E-state index in [-0.39, 0.29) is 5.91 Å². The molecule has 0 saturated heterocycles. The molecule has 0 spiro atoms. The van der Waals surface area contributed by atoms with E-state index in [2.05, 4.69) is 0 Å². The molecule has 0 unspecified atom stereocenters. The third-order valence-electron chi connectivity index (χ3n) is 2.21. The number of hydrogen-bond donors (Lipinski definition) is 0. The second-order valence-electron chi connectivity index (χ2n) is 3.44. The third-order valence-corrected chi connectivity index (χ3v) is 2.21. The first kappa shape index (κ1) is 11.7. The summed E-state index contributed by atoms with van der Waals surface area (Å²) in [6.07, 6.45) is 0.867. The fourth-order valence-electron chi connectivity index (χ4n) is 1.35. The Labute approximate surface area is 90.7 Å². The van der Waals surface area contributed by atoms with E-state index in [0.717, 1.165) is 18.5 Å². The first-order valence-electron chi connectivity index (χ1n) is 5.05. The highest BCUT2D eigenvalue weighted by Gasteiger charge is 2.09. The number of benzene rings is 1. The number of hydrogen-bond acceptors (Lipinski definition) is 2. The Balaban J connectivity index is 2.46. The van der Waals surface area contributed by atoms with Crippen LogP contribution in [0.2, 0.25) is 0 Å². The Hall–Kier alpha value is -1.35. The Morgan fingerprint density at radius 2 is 2.00 bits per heavy atom. The standard InChI is InChI=1S/C12H17NO2/c1-13(9-6-10-15-2)12(14)11-7-4-3-5-8-11/h3-5,7-8H,6,9-10H2,1-2H3. The first-order chi connectivity index (χ1) is 7.25. The van der Waals surface area contributed by atoms with E-state index < -0.39 is 0 Å². The monoisotopic (exact) mass is 207 g/mol. The first-order valence-corrected chi connectivity index (χ1v) is 5.05. The molecule has 0 bridgehead atoms. The summed E-state index contributed by atoms with van der Waals surface area (Å²) in [6, 6.07) is 9.30. The van der Waals surface area contributed by atoms with Gasteiger partial charge in [-0.3, -0.25) is 4.79 Å². The van der Waals surface area contributed by atoms with Crippen LogP contribution >= 0.6 is 0 Å². The summed E-state index contributed by atoms with van der Waals surface area (Å²) < 4.78 is 4.94. The molecule has 0 fully saturated rings. The topological polar surface area (TPSA) is 29.5 Å². The second-order valence-corrected chi connectivity index (χ2v) is 3.44. The van der Waals surface area contributed by atoms with Crippen molar-refractivity contribution in [2.24, 2.45) is 0 Å². The maximum Gasteiger partial charge on any atom is 0.253 e. The van der Waals surface area contributed by atoms with Gasteiger partial charge in [-0.25, -0.2) is 0 Å². The molecule has 0 N–H and O–H groups in total. The maximum atomic E-state index is 11.8. The molecular formula is C12H17NO2. The molecular weight excluding hydrogens is 190 g/mol. The molecule has 0 heterocycles. The number of carbonyl (C=O) groups is 1. The molecule has 1 amide bonds. The Morgan fingerprint density at radius 1 is 1.33 bits per heavy atom. The van der Waals surface area contributed by atoms with Crippen LogP contribution in [0.4, 0.5) is 0 Å². The molecule has 1 aromatic carbocycles. The van der Waals surface area contributed by atoms with Crippen LogP contribution in [0.5, 0.6) is 0 Å². The zero-order chi connectivity index (χ0) is 11.1. The van der Waals surface area contributed by atoms with E-state index in [1.54, 1.807) is 12.0 Å². The van der Waals surface area contributed by atoms with Gasteiger partial charge >= 0.3 is 0 Å². The van der Waals surface area contributed by atoms with Gasteiger partial charge in [-0.15, -0.1) is 0 Å². The Bertz CT molecular complexity index is 298. The molecule has 0 saturated carbocycles. The smallest absolute Gasteiger partial charge is 0.253 e. The van der Waals surface area contributed by atoms with Gasteiger partial charge in [-0.05, 0) is 18.6 Å². The third kappa shape index (κ3) is 3.72.